The second kappa shape index (κ2) is 3.73. The van der Waals surface area contributed by atoms with Gasteiger partial charge in [-0.1, -0.05) is 6.07 Å². The van der Waals surface area contributed by atoms with Gasteiger partial charge in [-0.2, -0.15) is 0 Å². The van der Waals surface area contributed by atoms with E-state index in [0.717, 1.165) is 5.56 Å². The predicted molar refractivity (Wildman–Crippen MR) is 53.3 cm³/mol. The first-order valence-corrected chi connectivity index (χ1v) is 3.85. The highest BCUT2D eigenvalue weighted by molar-refractivity contribution is 5.80. The lowest BCUT2D eigenvalue weighted by Gasteiger charge is -1.98. The molecule has 0 heterocycles. The molecule has 4 N–H and O–H groups in total. The molecule has 14 heavy (non-hydrogen) atoms. The third kappa shape index (κ3) is 2.19. The second-order valence-electron chi connectivity index (χ2n) is 2.79. The maximum absolute atomic E-state index is 10.6. The van der Waals surface area contributed by atoms with Gasteiger partial charge in [-0.05, 0) is 18.6 Å². The van der Waals surface area contributed by atoms with Crippen molar-refractivity contribution in [3.8, 4) is 0 Å². The van der Waals surface area contributed by atoms with Gasteiger partial charge in [-0.25, -0.2) is 4.99 Å². The molecule has 0 saturated heterocycles. The SMILES string of the molecule is Cc1ccc(N=C(N)N)c([N+](=O)[O-])c1. The zero-order valence-corrected chi connectivity index (χ0v) is 7.60. The second-order valence-corrected chi connectivity index (χ2v) is 2.79. The number of nitrogens with two attached hydrogens (primary N) is 2. The summed E-state index contributed by atoms with van der Waals surface area (Å²) in [7, 11) is 0. The number of nitro groups is 1. The smallest absolute Gasteiger partial charge is 0.295 e. The number of aliphatic imine (C=N–C) groups is 1. The summed E-state index contributed by atoms with van der Waals surface area (Å²) in [5, 5.41) is 10.6. The molecular formula is C8H10N4O2. The Morgan fingerprint density at radius 2 is 2.14 bits per heavy atom. The molecule has 6 nitrogen and oxygen atoms in total. The van der Waals surface area contributed by atoms with Crippen molar-refractivity contribution < 1.29 is 4.92 Å². The van der Waals surface area contributed by atoms with Gasteiger partial charge in [-0.3, -0.25) is 10.1 Å². The van der Waals surface area contributed by atoms with E-state index in [1.54, 1.807) is 13.0 Å². The van der Waals surface area contributed by atoms with Crippen molar-refractivity contribution in [3.63, 3.8) is 0 Å². The number of hydrogen-bond donors (Lipinski definition) is 2. The molecule has 0 spiro atoms. The molecule has 0 fully saturated rings. The van der Waals surface area contributed by atoms with E-state index in [1.807, 2.05) is 0 Å². The molecule has 0 atom stereocenters. The standard InChI is InChI=1S/C8H10N4O2/c1-5-2-3-6(11-8(9)10)7(4-5)12(13)14/h2-4H,1H3,(H4,9,10,11). The lowest BCUT2D eigenvalue weighted by Crippen LogP contribution is -2.22. The van der Waals surface area contributed by atoms with Crippen molar-refractivity contribution >= 4 is 17.3 Å². The average molecular weight is 194 g/mol. The summed E-state index contributed by atoms with van der Waals surface area (Å²) in [4.78, 5) is 13.7. The van der Waals surface area contributed by atoms with E-state index in [0.29, 0.717) is 0 Å². The van der Waals surface area contributed by atoms with E-state index in [1.165, 1.54) is 12.1 Å². The molecule has 1 rings (SSSR count). The summed E-state index contributed by atoms with van der Waals surface area (Å²) in [6.07, 6.45) is 0. The third-order valence-electron chi connectivity index (χ3n) is 1.58. The van der Waals surface area contributed by atoms with Gasteiger partial charge in [0, 0.05) is 6.07 Å². The Kier molecular flexibility index (Phi) is 2.66. The normalized spacial score (nSPS) is 9.50. The minimum atomic E-state index is -0.519. The largest absolute Gasteiger partial charge is 0.370 e. The van der Waals surface area contributed by atoms with Crippen LogP contribution in [-0.2, 0) is 0 Å². The summed E-state index contributed by atoms with van der Waals surface area (Å²) < 4.78 is 0. The number of guanidine groups is 1. The first-order chi connectivity index (χ1) is 6.50. The van der Waals surface area contributed by atoms with E-state index in [9.17, 15) is 10.1 Å². The van der Waals surface area contributed by atoms with Crippen LogP contribution in [0.4, 0.5) is 11.4 Å². The molecule has 0 aliphatic rings. The molecule has 1 aromatic rings. The highest BCUT2D eigenvalue weighted by atomic mass is 16.6. The van der Waals surface area contributed by atoms with Crippen molar-refractivity contribution in [2.24, 2.45) is 16.5 Å². The first-order valence-electron chi connectivity index (χ1n) is 3.85. The third-order valence-corrected chi connectivity index (χ3v) is 1.58. The molecule has 0 radical (unpaired) electrons. The topological polar surface area (TPSA) is 108 Å². The molecule has 74 valence electrons. The Morgan fingerprint density at radius 3 is 2.64 bits per heavy atom. The van der Waals surface area contributed by atoms with E-state index < -0.39 is 4.92 Å². The fraction of sp³-hybridized carbons (Fsp3) is 0.125. The van der Waals surface area contributed by atoms with E-state index in [-0.39, 0.29) is 17.3 Å². The quantitative estimate of drug-likeness (QED) is 0.314. The number of hydrogen-bond acceptors (Lipinski definition) is 3. The van der Waals surface area contributed by atoms with Crippen molar-refractivity contribution in [2.45, 2.75) is 6.92 Å². The van der Waals surface area contributed by atoms with Gasteiger partial charge in [0.05, 0.1) is 4.92 Å². The number of nitrogens with zero attached hydrogens (tertiary/aromatic N) is 2. The van der Waals surface area contributed by atoms with E-state index in [4.69, 9.17) is 11.5 Å². The van der Waals surface area contributed by atoms with Gasteiger partial charge in [0.25, 0.3) is 5.69 Å². The zero-order chi connectivity index (χ0) is 10.7. The molecular weight excluding hydrogens is 184 g/mol. The minimum Gasteiger partial charge on any atom is -0.370 e. The van der Waals surface area contributed by atoms with Crippen LogP contribution in [0.25, 0.3) is 0 Å². The van der Waals surface area contributed by atoms with Crippen LogP contribution in [0.5, 0.6) is 0 Å². The summed E-state index contributed by atoms with van der Waals surface area (Å²) in [6.45, 7) is 1.76. The van der Waals surface area contributed by atoms with E-state index >= 15 is 0 Å². The molecule has 0 aliphatic heterocycles. The van der Waals surface area contributed by atoms with Crippen LogP contribution < -0.4 is 11.5 Å². The Labute approximate surface area is 80.4 Å². The fourth-order valence-corrected chi connectivity index (χ4v) is 1.01. The van der Waals surface area contributed by atoms with Gasteiger partial charge in [-0.15, -0.1) is 0 Å². The highest BCUT2D eigenvalue weighted by Gasteiger charge is 2.12. The lowest BCUT2D eigenvalue weighted by molar-refractivity contribution is -0.384. The van der Waals surface area contributed by atoms with Gasteiger partial charge < -0.3 is 11.5 Å². The zero-order valence-electron chi connectivity index (χ0n) is 7.60. The number of aryl methyl sites for hydroxylation is 1. The maximum Gasteiger partial charge on any atom is 0.295 e. The van der Waals surface area contributed by atoms with Crippen LogP contribution in [0.3, 0.4) is 0 Å². The van der Waals surface area contributed by atoms with Crippen LogP contribution in [0, 0.1) is 17.0 Å². The van der Waals surface area contributed by atoms with Gasteiger partial charge in [0.15, 0.2) is 5.96 Å². The predicted octanol–water partition coefficient (Wildman–Crippen LogP) is 0.808. The minimum absolute atomic E-state index is 0.0987. The summed E-state index contributed by atoms with van der Waals surface area (Å²) in [6, 6.07) is 4.63. The average Bonchev–Trinajstić information content (AvgIpc) is 2.07. The van der Waals surface area contributed by atoms with Crippen LogP contribution in [0.15, 0.2) is 23.2 Å². The van der Waals surface area contributed by atoms with Gasteiger partial charge >= 0.3 is 0 Å². The summed E-state index contributed by atoms with van der Waals surface area (Å²) in [5.74, 6) is -0.197. The molecule has 0 saturated carbocycles. The Bertz CT molecular complexity index is 396. The summed E-state index contributed by atoms with van der Waals surface area (Å²) in [5.41, 5.74) is 11.1. The monoisotopic (exact) mass is 194 g/mol. The van der Waals surface area contributed by atoms with Crippen LogP contribution in [0.1, 0.15) is 5.56 Å². The Hall–Kier alpha value is -2.11. The first kappa shape index (κ1) is 9.97. The molecule has 6 heteroatoms. The Morgan fingerprint density at radius 1 is 1.50 bits per heavy atom. The Balaban J connectivity index is 3.29. The van der Waals surface area contributed by atoms with Crippen molar-refractivity contribution in [1.82, 2.24) is 0 Å². The van der Waals surface area contributed by atoms with Crippen molar-refractivity contribution in [1.29, 1.82) is 0 Å². The highest BCUT2D eigenvalue weighted by Crippen LogP contribution is 2.27. The molecule has 0 bridgehead atoms. The van der Waals surface area contributed by atoms with Crippen molar-refractivity contribution in [2.75, 3.05) is 0 Å². The fourth-order valence-electron chi connectivity index (χ4n) is 1.01. The number of rotatable bonds is 2. The molecule has 1 aromatic carbocycles. The van der Waals surface area contributed by atoms with Crippen LogP contribution in [0.2, 0.25) is 0 Å². The van der Waals surface area contributed by atoms with Crippen molar-refractivity contribution in [3.05, 3.63) is 33.9 Å². The lowest BCUT2D eigenvalue weighted by atomic mass is 10.2. The number of nitro benzene ring substituents is 1. The molecule has 0 amide bonds. The van der Waals surface area contributed by atoms with Gasteiger partial charge in [0.2, 0.25) is 0 Å². The molecule has 0 aliphatic carbocycles. The van der Waals surface area contributed by atoms with E-state index in [2.05, 4.69) is 4.99 Å². The maximum atomic E-state index is 10.6. The number of benzene rings is 1. The van der Waals surface area contributed by atoms with Crippen LogP contribution >= 0.6 is 0 Å². The van der Waals surface area contributed by atoms with Crippen LogP contribution in [-0.4, -0.2) is 10.9 Å². The summed E-state index contributed by atoms with van der Waals surface area (Å²) >= 11 is 0. The molecule has 0 unspecified atom stereocenters. The van der Waals surface area contributed by atoms with Gasteiger partial charge in [0.1, 0.15) is 5.69 Å². The molecule has 0 aromatic heterocycles.